The molecule has 0 unspecified atom stereocenters. The summed E-state index contributed by atoms with van der Waals surface area (Å²) in [4.78, 5) is 4.49. The Morgan fingerprint density at radius 3 is 1.84 bits per heavy atom. The molecule has 0 saturated carbocycles. The third kappa shape index (κ3) is 5.07. The summed E-state index contributed by atoms with van der Waals surface area (Å²) < 4.78 is 13.5. The first-order valence-electron chi connectivity index (χ1n) is 12.1. The van der Waals surface area contributed by atoms with Gasteiger partial charge in [-0.15, -0.1) is 5.10 Å². The van der Waals surface area contributed by atoms with Gasteiger partial charge in [0.05, 0.1) is 24.8 Å². The van der Waals surface area contributed by atoms with E-state index in [1.54, 1.807) is 24.5 Å². The lowest BCUT2D eigenvalue weighted by Gasteiger charge is -2.35. The van der Waals surface area contributed by atoms with Crippen molar-refractivity contribution in [3.05, 3.63) is 144 Å². The van der Waals surface area contributed by atoms with Crippen molar-refractivity contribution in [1.29, 1.82) is 5.26 Å². The maximum Gasteiger partial charge on any atom is 0.335 e. The van der Waals surface area contributed by atoms with Crippen LogP contribution in [0.25, 0.3) is 0 Å². The molecule has 0 aliphatic rings. The predicted molar refractivity (Wildman–Crippen MR) is 141 cm³/mol. The first-order valence-corrected chi connectivity index (χ1v) is 12.1. The molecule has 6 nitrogen and oxygen atoms in total. The van der Waals surface area contributed by atoms with Gasteiger partial charge in [0.1, 0.15) is 17.6 Å². The second-order valence-corrected chi connectivity index (χ2v) is 8.47. The first-order chi connectivity index (χ1) is 18.3. The Bertz CT molecular complexity index is 1360. The average Bonchev–Trinajstić information content (AvgIpc) is 3.44. The minimum absolute atomic E-state index is 0.304. The van der Waals surface area contributed by atoms with Crippen molar-refractivity contribution < 1.29 is 9.47 Å². The van der Waals surface area contributed by atoms with Gasteiger partial charge in [0.2, 0.25) is 0 Å². The molecule has 0 aliphatic heterocycles. The van der Waals surface area contributed by atoms with E-state index in [2.05, 4.69) is 47.5 Å². The monoisotopic (exact) mass is 486 g/mol. The minimum atomic E-state index is -0.729. The standard InChI is InChI=1S/C31H26N4O2/c32-23-25-12-10-19-29(22-25)36-20-11-21-37-30-33-24-35(34-30)31(26-13-4-1-5-14-26,27-15-6-2-7-16-27)28-17-8-3-9-18-28/h1-10,12-19,22,24H,11,20-21H2. The van der Waals surface area contributed by atoms with Gasteiger partial charge in [0, 0.05) is 6.42 Å². The number of ether oxygens (including phenoxy) is 2. The largest absolute Gasteiger partial charge is 0.493 e. The van der Waals surface area contributed by atoms with E-state index in [1.807, 2.05) is 65.3 Å². The fourth-order valence-corrected chi connectivity index (χ4v) is 4.48. The molecular formula is C31H26N4O2. The van der Waals surface area contributed by atoms with Gasteiger partial charge in [-0.05, 0) is 34.9 Å². The normalized spacial score (nSPS) is 11.0. The summed E-state index contributed by atoms with van der Waals surface area (Å²) in [5.74, 6) is 0.666. The molecule has 5 aromatic rings. The lowest BCUT2D eigenvalue weighted by molar-refractivity contribution is 0.234. The minimum Gasteiger partial charge on any atom is -0.493 e. The van der Waals surface area contributed by atoms with E-state index >= 15 is 0 Å². The van der Waals surface area contributed by atoms with Crippen molar-refractivity contribution >= 4 is 0 Å². The van der Waals surface area contributed by atoms with Crippen LogP contribution in [0.4, 0.5) is 0 Å². The third-order valence-corrected chi connectivity index (χ3v) is 6.14. The summed E-state index contributed by atoms with van der Waals surface area (Å²) in [6.07, 6.45) is 2.37. The van der Waals surface area contributed by atoms with Crippen LogP contribution in [0.1, 0.15) is 28.7 Å². The third-order valence-electron chi connectivity index (χ3n) is 6.14. The predicted octanol–water partition coefficient (Wildman–Crippen LogP) is 5.84. The summed E-state index contributed by atoms with van der Waals surface area (Å²) in [7, 11) is 0. The second kappa shape index (κ2) is 11.2. The molecule has 0 fully saturated rings. The average molecular weight is 487 g/mol. The summed E-state index contributed by atoms with van der Waals surface area (Å²) >= 11 is 0. The van der Waals surface area contributed by atoms with E-state index in [4.69, 9.17) is 19.8 Å². The van der Waals surface area contributed by atoms with Crippen LogP contribution in [0.2, 0.25) is 0 Å². The highest BCUT2D eigenvalue weighted by Gasteiger charge is 2.39. The van der Waals surface area contributed by atoms with Gasteiger partial charge >= 0.3 is 6.01 Å². The fraction of sp³-hybridized carbons (Fsp3) is 0.129. The van der Waals surface area contributed by atoms with Crippen LogP contribution >= 0.6 is 0 Å². The fourth-order valence-electron chi connectivity index (χ4n) is 4.48. The first kappa shape index (κ1) is 23.8. The van der Waals surface area contributed by atoms with Crippen molar-refractivity contribution in [2.24, 2.45) is 0 Å². The van der Waals surface area contributed by atoms with Gasteiger partial charge in [-0.2, -0.15) is 10.2 Å². The van der Waals surface area contributed by atoms with Crippen LogP contribution in [0, 0.1) is 11.3 Å². The van der Waals surface area contributed by atoms with Crippen molar-refractivity contribution in [2.45, 2.75) is 12.0 Å². The number of nitriles is 1. The van der Waals surface area contributed by atoms with Crippen LogP contribution < -0.4 is 9.47 Å². The second-order valence-electron chi connectivity index (χ2n) is 8.47. The zero-order valence-corrected chi connectivity index (χ0v) is 20.3. The van der Waals surface area contributed by atoms with E-state index < -0.39 is 5.54 Å². The zero-order valence-electron chi connectivity index (χ0n) is 20.3. The molecular weight excluding hydrogens is 460 g/mol. The van der Waals surface area contributed by atoms with E-state index in [0.717, 1.165) is 16.7 Å². The Labute approximate surface area is 216 Å². The topological polar surface area (TPSA) is 73.0 Å². The quantitative estimate of drug-likeness (QED) is 0.183. The molecule has 0 bridgehead atoms. The Balaban J connectivity index is 1.39. The molecule has 1 aromatic heterocycles. The number of nitrogens with zero attached hydrogens (tertiary/aromatic N) is 4. The lowest BCUT2D eigenvalue weighted by atomic mass is 9.77. The maximum atomic E-state index is 9.03. The summed E-state index contributed by atoms with van der Waals surface area (Å²) in [6.45, 7) is 0.856. The van der Waals surface area contributed by atoms with Crippen molar-refractivity contribution in [3.8, 4) is 17.8 Å². The molecule has 1 heterocycles. The van der Waals surface area contributed by atoms with Gasteiger partial charge < -0.3 is 9.47 Å². The van der Waals surface area contributed by atoms with E-state index in [-0.39, 0.29) is 0 Å². The Kier molecular flexibility index (Phi) is 7.24. The summed E-state index contributed by atoms with van der Waals surface area (Å²) in [6, 6.07) is 40.5. The molecule has 0 amide bonds. The van der Waals surface area contributed by atoms with Crippen molar-refractivity contribution in [1.82, 2.24) is 14.8 Å². The molecule has 37 heavy (non-hydrogen) atoms. The molecule has 0 N–H and O–H groups in total. The molecule has 4 aromatic carbocycles. The molecule has 0 radical (unpaired) electrons. The van der Waals surface area contributed by atoms with E-state index in [9.17, 15) is 0 Å². The zero-order chi connectivity index (χ0) is 25.3. The smallest absolute Gasteiger partial charge is 0.335 e. The van der Waals surface area contributed by atoms with Crippen LogP contribution in [0.5, 0.6) is 11.8 Å². The lowest BCUT2D eigenvalue weighted by Crippen LogP contribution is -2.38. The summed E-state index contributed by atoms with van der Waals surface area (Å²) in [5.41, 5.74) is 3.04. The highest BCUT2D eigenvalue weighted by atomic mass is 16.5. The van der Waals surface area contributed by atoms with Crippen molar-refractivity contribution in [3.63, 3.8) is 0 Å². The molecule has 182 valence electrons. The molecule has 5 rings (SSSR count). The van der Waals surface area contributed by atoms with Crippen LogP contribution in [0.3, 0.4) is 0 Å². The Morgan fingerprint density at radius 2 is 1.27 bits per heavy atom. The number of benzene rings is 4. The van der Waals surface area contributed by atoms with Gasteiger partial charge in [0.15, 0.2) is 0 Å². The Morgan fingerprint density at radius 1 is 0.703 bits per heavy atom. The van der Waals surface area contributed by atoms with Gasteiger partial charge in [-0.3, -0.25) is 0 Å². The van der Waals surface area contributed by atoms with Gasteiger partial charge in [-0.25, -0.2) is 4.68 Å². The molecule has 0 atom stereocenters. The number of hydrogen-bond acceptors (Lipinski definition) is 5. The van der Waals surface area contributed by atoms with Crippen LogP contribution in [-0.4, -0.2) is 28.0 Å². The van der Waals surface area contributed by atoms with Gasteiger partial charge in [-0.1, -0.05) is 97.1 Å². The van der Waals surface area contributed by atoms with E-state index in [1.165, 1.54) is 0 Å². The molecule has 0 saturated heterocycles. The van der Waals surface area contributed by atoms with Crippen LogP contribution in [-0.2, 0) is 5.54 Å². The van der Waals surface area contributed by atoms with E-state index in [0.29, 0.717) is 37.0 Å². The summed E-state index contributed by atoms with van der Waals surface area (Å²) in [5, 5.41) is 13.8. The number of aromatic nitrogens is 3. The SMILES string of the molecule is N#Cc1cccc(OCCCOc2ncn(C(c3ccccc3)(c3ccccc3)c3ccccc3)n2)c1. The highest BCUT2D eigenvalue weighted by molar-refractivity contribution is 5.50. The number of hydrogen-bond donors (Lipinski definition) is 0. The van der Waals surface area contributed by atoms with Crippen LogP contribution in [0.15, 0.2) is 122 Å². The maximum absolute atomic E-state index is 9.03. The molecule has 0 spiro atoms. The molecule has 6 heteroatoms. The number of rotatable bonds is 10. The van der Waals surface area contributed by atoms with Gasteiger partial charge in [0.25, 0.3) is 0 Å². The highest BCUT2D eigenvalue weighted by Crippen LogP contribution is 2.40. The van der Waals surface area contributed by atoms with Crippen molar-refractivity contribution in [2.75, 3.05) is 13.2 Å². The Hall–Kier alpha value is -4.89. The molecule has 0 aliphatic carbocycles.